The topological polar surface area (TPSA) is 65.6 Å². The highest BCUT2D eigenvalue weighted by molar-refractivity contribution is 7.80. The van der Waals surface area contributed by atoms with Crippen LogP contribution in [0.1, 0.15) is 26.0 Å². The second-order valence-corrected chi connectivity index (χ2v) is 8.53. The Morgan fingerprint density at radius 2 is 1.87 bits per heavy atom. The Bertz CT molecular complexity index is 719. The van der Waals surface area contributed by atoms with Crippen molar-refractivity contribution in [1.29, 1.82) is 0 Å². The van der Waals surface area contributed by atoms with Gasteiger partial charge in [-0.15, -0.1) is 0 Å². The Hall–Kier alpha value is -1.72. The van der Waals surface area contributed by atoms with Crippen LogP contribution in [0.4, 0.5) is 24.9 Å². The van der Waals surface area contributed by atoms with E-state index in [0.717, 1.165) is 32.1 Å². The molecule has 0 radical (unpaired) electrons. The number of ether oxygens (including phenoxy) is 1. The van der Waals surface area contributed by atoms with E-state index in [0.29, 0.717) is 44.7 Å². The average molecular weight is 447 g/mol. The van der Waals surface area contributed by atoms with Crippen LogP contribution in [0, 0.1) is 11.8 Å². The van der Waals surface area contributed by atoms with Gasteiger partial charge in [0.1, 0.15) is 5.82 Å². The number of halogens is 3. The zero-order valence-electron chi connectivity index (χ0n) is 17.3. The highest BCUT2D eigenvalue weighted by Gasteiger charge is 2.35. The van der Waals surface area contributed by atoms with Crippen LogP contribution in [0.2, 0.25) is 0 Å². The van der Waals surface area contributed by atoms with E-state index in [1.807, 2.05) is 4.90 Å². The number of aromatic nitrogens is 2. The number of anilines is 2. The lowest BCUT2D eigenvalue weighted by molar-refractivity contribution is -0.141. The number of hydrogen-bond donors (Lipinski definition) is 2. The molecule has 30 heavy (non-hydrogen) atoms. The first-order chi connectivity index (χ1) is 14.2. The van der Waals surface area contributed by atoms with E-state index < -0.39 is 11.9 Å². The molecule has 0 aliphatic carbocycles. The van der Waals surface area contributed by atoms with Crippen LogP contribution in [0.3, 0.4) is 0 Å². The second kappa shape index (κ2) is 10.1. The van der Waals surface area contributed by atoms with Crippen molar-refractivity contribution < 1.29 is 17.9 Å². The van der Waals surface area contributed by atoms with Crippen molar-refractivity contribution in [3.63, 3.8) is 0 Å². The summed E-state index contributed by atoms with van der Waals surface area (Å²) in [5.41, 5.74) is -0.975. The molecule has 0 aromatic carbocycles. The Morgan fingerprint density at radius 3 is 2.50 bits per heavy atom. The standard InChI is InChI=1S/C19H29F3N6OS/c1-13-9-14(2)12-28(11-13)16-10-15(19(20,21)22)24-17(25-16)26-18(30)23-3-4-27-5-7-29-8-6-27/h10,13-14H,3-9,11-12H2,1-2H3,(H2,23,24,25,26,30)/t13-,14-/m0/s1. The summed E-state index contributed by atoms with van der Waals surface area (Å²) in [6.45, 7) is 9.99. The molecule has 3 rings (SSSR count). The van der Waals surface area contributed by atoms with Gasteiger partial charge in [-0.2, -0.15) is 18.2 Å². The van der Waals surface area contributed by atoms with Crippen molar-refractivity contribution >= 4 is 29.1 Å². The highest BCUT2D eigenvalue weighted by atomic mass is 32.1. The molecule has 0 unspecified atom stereocenters. The monoisotopic (exact) mass is 446 g/mol. The van der Waals surface area contributed by atoms with Crippen LogP contribution in [0.15, 0.2) is 6.07 Å². The quantitative estimate of drug-likeness (QED) is 0.670. The minimum atomic E-state index is -4.56. The number of rotatable bonds is 5. The fourth-order valence-electron chi connectivity index (χ4n) is 3.95. The second-order valence-electron chi connectivity index (χ2n) is 8.12. The number of hydrogen-bond acceptors (Lipinski definition) is 6. The van der Waals surface area contributed by atoms with Crippen molar-refractivity contribution in [1.82, 2.24) is 20.2 Å². The molecular weight excluding hydrogens is 417 g/mol. The van der Waals surface area contributed by atoms with Gasteiger partial charge in [-0.3, -0.25) is 4.90 Å². The predicted octanol–water partition coefficient (Wildman–Crippen LogP) is 2.60. The van der Waals surface area contributed by atoms with Gasteiger partial charge in [-0.1, -0.05) is 13.8 Å². The SMILES string of the molecule is C[C@H]1C[C@H](C)CN(c2cc(C(F)(F)F)nc(NC(=S)NCCN3CCOCC3)n2)C1. The van der Waals surface area contributed by atoms with E-state index in [2.05, 4.69) is 39.3 Å². The maximum atomic E-state index is 13.4. The van der Waals surface area contributed by atoms with Crippen molar-refractivity contribution in [2.45, 2.75) is 26.4 Å². The first-order valence-electron chi connectivity index (χ1n) is 10.3. The maximum Gasteiger partial charge on any atom is 0.433 e. The van der Waals surface area contributed by atoms with E-state index >= 15 is 0 Å². The van der Waals surface area contributed by atoms with Gasteiger partial charge >= 0.3 is 6.18 Å². The summed E-state index contributed by atoms with van der Waals surface area (Å²) in [6.07, 6.45) is -3.51. The van der Waals surface area contributed by atoms with E-state index in [4.69, 9.17) is 17.0 Å². The minimum absolute atomic E-state index is 0.144. The normalized spacial score (nSPS) is 23.3. The minimum Gasteiger partial charge on any atom is -0.379 e. The largest absolute Gasteiger partial charge is 0.433 e. The zero-order valence-corrected chi connectivity index (χ0v) is 18.2. The van der Waals surface area contributed by atoms with Crippen molar-refractivity contribution in [3.8, 4) is 0 Å². The van der Waals surface area contributed by atoms with Crippen LogP contribution in [-0.4, -0.2) is 72.5 Å². The Balaban J connectivity index is 1.66. The molecule has 1 aromatic heterocycles. The lowest BCUT2D eigenvalue weighted by Gasteiger charge is -2.36. The summed E-state index contributed by atoms with van der Waals surface area (Å²) >= 11 is 5.24. The van der Waals surface area contributed by atoms with E-state index in [-0.39, 0.29) is 16.9 Å². The molecule has 2 aliphatic rings. The summed E-state index contributed by atoms with van der Waals surface area (Å²) in [4.78, 5) is 12.1. The number of piperidine rings is 1. The molecule has 0 spiro atoms. The summed E-state index contributed by atoms with van der Waals surface area (Å²) in [5.74, 6) is 0.902. The first-order valence-corrected chi connectivity index (χ1v) is 10.7. The average Bonchev–Trinajstić information content (AvgIpc) is 2.67. The molecule has 168 valence electrons. The lowest BCUT2D eigenvalue weighted by atomic mass is 9.92. The molecule has 1 aromatic rings. The molecule has 11 heteroatoms. The van der Waals surface area contributed by atoms with Crippen LogP contribution in [0.25, 0.3) is 0 Å². The number of alkyl halides is 3. The molecule has 3 heterocycles. The summed E-state index contributed by atoms with van der Waals surface area (Å²) in [5, 5.41) is 5.94. The molecule has 0 amide bonds. The fourth-order valence-corrected chi connectivity index (χ4v) is 4.14. The van der Waals surface area contributed by atoms with Gasteiger partial charge < -0.3 is 20.3 Å². The summed E-state index contributed by atoms with van der Waals surface area (Å²) in [7, 11) is 0. The van der Waals surface area contributed by atoms with E-state index in [1.165, 1.54) is 0 Å². The van der Waals surface area contributed by atoms with Gasteiger partial charge in [0.05, 0.1) is 13.2 Å². The third-order valence-electron chi connectivity index (χ3n) is 5.24. The van der Waals surface area contributed by atoms with E-state index in [1.54, 1.807) is 0 Å². The zero-order chi connectivity index (χ0) is 21.7. The van der Waals surface area contributed by atoms with Crippen LogP contribution in [-0.2, 0) is 10.9 Å². The van der Waals surface area contributed by atoms with Gasteiger partial charge in [0.2, 0.25) is 5.95 Å². The van der Waals surface area contributed by atoms with Crippen molar-refractivity contribution in [2.24, 2.45) is 11.8 Å². The molecule has 2 N–H and O–H groups in total. The predicted molar refractivity (Wildman–Crippen MR) is 114 cm³/mol. The third-order valence-corrected chi connectivity index (χ3v) is 5.48. The van der Waals surface area contributed by atoms with Gasteiger partial charge in [0, 0.05) is 45.3 Å². The van der Waals surface area contributed by atoms with Crippen LogP contribution >= 0.6 is 12.2 Å². The van der Waals surface area contributed by atoms with Crippen molar-refractivity contribution in [2.75, 3.05) is 62.7 Å². The Labute approximate surface area is 180 Å². The van der Waals surface area contributed by atoms with Gasteiger partial charge in [0.15, 0.2) is 10.8 Å². The lowest BCUT2D eigenvalue weighted by Crippen LogP contribution is -2.42. The van der Waals surface area contributed by atoms with E-state index in [9.17, 15) is 13.2 Å². The molecule has 2 aliphatic heterocycles. The Morgan fingerprint density at radius 1 is 1.20 bits per heavy atom. The number of morpholine rings is 1. The molecular formula is C19H29F3N6OS. The third kappa shape index (κ3) is 6.64. The molecule has 2 atom stereocenters. The van der Waals surface area contributed by atoms with Crippen LogP contribution in [0.5, 0.6) is 0 Å². The van der Waals surface area contributed by atoms with Gasteiger partial charge in [-0.05, 0) is 30.5 Å². The summed E-state index contributed by atoms with van der Waals surface area (Å²) < 4.78 is 45.5. The van der Waals surface area contributed by atoms with Gasteiger partial charge in [-0.25, -0.2) is 4.98 Å². The number of nitrogens with one attached hydrogen (secondary N) is 2. The number of nitrogens with zero attached hydrogens (tertiary/aromatic N) is 4. The molecule has 0 saturated carbocycles. The molecule has 2 fully saturated rings. The van der Waals surface area contributed by atoms with Crippen molar-refractivity contribution in [3.05, 3.63) is 11.8 Å². The molecule has 0 bridgehead atoms. The molecule has 7 nitrogen and oxygen atoms in total. The first kappa shape index (κ1) is 23.0. The number of thiocarbonyl (C=S) groups is 1. The van der Waals surface area contributed by atoms with Gasteiger partial charge in [0.25, 0.3) is 0 Å². The molecule has 2 saturated heterocycles. The fraction of sp³-hybridized carbons (Fsp3) is 0.737. The summed E-state index contributed by atoms with van der Waals surface area (Å²) in [6, 6.07) is 1.02. The smallest absolute Gasteiger partial charge is 0.379 e. The van der Waals surface area contributed by atoms with Crippen LogP contribution < -0.4 is 15.5 Å². The Kier molecular flexibility index (Phi) is 7.70. The maximum absolute atomic E-state index is 13.4. The highest BCUT2D eigenvalue weighted by Crippen LogP contribution is 2.32.